The van der Waals surface area contributed by atoms with E-state index in [1.807, 2.05) is 6.92 Å². The molecule has 0 radical (unpaired) electrons. The van der Waals surface area contributed by atoms with Crippen LogP contribution in [0.25, 0.3) is 0 Å². The third kappa shape index (κ3) is 5.14. The zero-order chi connectivity index (χ0) is 16.0. The van der Waals surface area contributed by atoms with Gasteiger partial charge >= 0.3 is 0 Å². The Labute approximate surface area is 128 Å². The molecular weight excluding hydrogens is 262 g/mol. The van der Waals surface area contributed by atoms with Crippen LogP contribution in [0.2, 0.25) is 0 Å². The van der Waals surface area contributed by atoms with E-state index in [2.05, 4.69) is 43.0 Å². The molecule has 2 unspecified atom stereocenters. The van der Waals surface area contributed by atoms with Gasteiger partial charge in [-0.2, -0.15) is 0 Å². The number of hydrogen-bond donors (Lipinski definition) is 1. The van der Waals surface area contributed by atoms with Gasteiger partial charge in [0.15, 0.2) is 0 Å². The SMILES string of the molecule is CCCN(CC(=O)N(C)C)C(c1cccc(C)c1)C(C)N. The molecule has 0 aliphatic carbocycles. The largest absolute Gasteiger partial charge is 0.348 e. The number of likely N-dealkylation sites (N-methyl/N-ethyl adjacent to an activating group) is 1. The van der Waals surface area contributed by atoms with Gasteiger partial charge in [-0.05, 0) is 32.4 Å². The average Bonchev–Trinajstić information content (AvgIpc) is 2.38. The normalized spacial score (nSPS) is 14.0. The highest BCUT2D eigenvalue weighted by atomic mass is 16.2. The van der Waals surface area contributed by atoms with Gasteiger partial charge in [-0.3, -0.25) is 9.69 Å². The molecule has 0 saturated carbocycles. The monoisotopic (exact) mass is 291 g/mol. The molecule has 0 bridgehead atoms. The topological polar surface area (TPSA) is 49.6 Å². The first-order chi connectivity index (χ1) is 9.86. The molecule has 0 aliphatic heterocycles. The summed E-state index contributed by atoms with van der Waals surface area (Å²) in [4.78, 5) is 15.9. The maximum atomic E-state index is 12.1. The van der Waals surface area contributed by atoms with Crippen molar-refractivity contribution in [3.63, 3.8) is 0 Å². The molecule has 1 rings (SSSR count). The van der Waals surface area contributed by atoms with Crippen molar-refractivity contribution in [2.24, 2.45) is 5.73 Å². The number of benzene rings is 1. The molecule has 21 heavy (non-hydrogen) atoms. The van der Waals surface area contributed by atoms with Crippen LogP contribution in [0, 0.1) is 6.92 Å². The molecule has 0 heterocycles. The van der Waals surface area contributed by atoms with E-state index < -0.39 is 0 Å². The van der Waals surface area contributed by atoms with E-state index in [0.717, 1.165) is 13.0 Å². The van der Waals surface area contributed by atoms with Crippen molar-refractivity contribution in [2.75, 3.05) is 27.2 Å². The van der Waals surface area contributed by atoms with Gasteiger partial charge in [0.1, 0.15) is 0 Å². The molecular formula is C17H29N3O. The number of nitrogens with two attached hydrogens (primary N) is 1. The summed E-state index contributed by atoms with van der Waals surface area (Å²) >= 11 is 0. The molecule has 0 fully saturated rings. The second-order valence-corrected chi connectivity index (χ2v) is 5.98. The van der Waals surface area contributed by atoms with E-state index in [9.17, 15) is 4.79 Å². The first kappa shape index (κ1) is 17.7. The predicted octanol–water partition coefficient (Wildman–Crippen LogP) is 2.18. The van der Waals surface area contributed by atoms with Crippen LogP contribution in [0.15, 0.2) is 24.3 Å². The van der Waals surface area contributed by atoms with E-state index in [1.54, 1.807) is 19.0 Å². The standard InChI is InChI=1S/C17H29N3O/c1-6-10-20(12-16(21)19(4)5)17(14(3)18)15-9-7-8-13(2)11-15/h7-9,11,14,17H,6,10,12,18H2,1-5H3. The van der Waals surface area contributed by atoms with E-state index in [0.29, 0.717) is 6.54 Å². The zero-order valence-corrected chi connectivity index (χ0v) is 14.0. The first-order valence-corrected chi connectivity index (χ1v) is 7.63. The lowest BCUT2D eigenvalue weighted by atomic mass is 9.97. The van der Waals surface area contributed by atoms with Crippen LogP contribution in [0.5, 0.6) is 0 Å². The van der Waals surface area contributed by atoms with Crippen molar-refractivity contribution >= 4 is 5.91 Å². The molecule has 4 nitrogen and oxygen atoms in total. The second-order valence-electron chi connectivity index (χ2n) is 5.98. The average molecular weight is 291 g/mol. The van der Waals surface area contributed by atoms with Crippen LogP contribution in [-0.2, 0) is 4.79 Å². The number of amides is 1. The Balaban J connectivity index is 3.05. The number of carbonyl (C=O) groups excluding carboxylic acids is 1. The number of aryl methyl sites for hydroxylation is 1. The summed E-state index contributed by atoms with van der Waals surface area (Å²) in [6.45, 7) is 7.48. The van der Waals surface area contributed by atoms with Crippen LogP contribution in [0.1, 0.15) is 37.4 Å². The molecule has 1 amide bonds. The molecule has 0 aromatic heterocycles. The summed E-state index contributed by atoms with van der Waals surface area (Å²) in [5.41, 5.74) is 8.64. The minimum atomic E-state index is -0.0340. The number of hydrogen-bond acceptors (Lipinski definition) is 3. The second kappa shape index (κ2) is 8.15. The highest BCUT2D eigenvalue weighted by molar-refractivity contribution is 5.77. The molecule has 2 atom stereocenters. The summed E-state index contributed by atoms with van der Waals surface area (Å²) in [6, 6.07) is 8.43. The van der Waals surface area contributed by atoms with Gasteiger partial charge in [-0.25, -0.2) is 0 Å². The summed E-state index contributed by atoms with van der Waals surface area (Å²) in [5, 5.41) is 0. The lowest BCUT2D eigenvalue weighted by Gasteiger charge is -2.34. The Morgan fingerprint density at radius 2 is 2.00 bits per heavy atom. The predicted molar refractivity (Wildman–Crippen MR) is 88.1 cm³/mol. The maximum Gasteiger partial charge on any atom is 0.236 e. The van der Waals surface area contributed by atoms with Gasteiger partial charge < -0.3 is 10.6 Å². The van der Waals surface area contributed by atoms with Gasteiger partial charge in [0.2, 0.25) is 5.91 Å². The fourth-order valence-corrected chi connectivity index (χ4v) is 2.62. The smallest absolute Gasteiger partial charge is 0.236 e. The van der Waals surface area contributed by atoms with Crippen molar-refractivity contribution in [1.82, 2.24) is 9.80 Å². The molecule has 2 N–H and O–H groups in total. The molecule has 1 aromatic rings. The van der Waals surface area contributed by atoms with Gasteiger partial charge in [-0.1, -0.05) is 36.8 Å². The number of rotatable bonds is 7. The number of carbonyl (C=O) groups is 1. The summed E-state index contributed by atoms with van der Waals surface area (Å²) in [7, 11) is 3.58. The van der Waals surface area contributed by atoms with E-state index in [-0.39, 0.29) is 18.0 Å². The Bertz CT molecular complexity index is 457. The van der Waals surface area contributed by atoms with Gasteiger partial charge in [0.05, 0.1) is 12.6 Å². The molecule has 0 spiro atoms. The Morgan fingerprint density at radius 1 is 1.33 bits per heavy atom. The minimum Gasteiger partial charge on any atom is -0.348 e. The van der Waals surface area contributed by atoms with E-state index >= 15 is 0 Å². The molecule has 1 aromatic carbocycles. The van der Waals surface area contributed by atoms with Gasteiger partial charge in [0.25, 0.3) is 0 Å². The summed E-state index contributed by atoms with van der Waals surface area (Å²) in [6.07, 6.45) is 0.996. The maximum absolute atomic E-state index is 12.1. The lowest BCUT2D eigenvalue weighted by molar-refractivity contribution is -0.130. The van der Waals surface area contributed by atoms with Gasteiger partial charge in [0, 0.05) is 20.1 Å². The van der Waals surface area contributed by atoms with Crippen molar-refractivity contribution < 1.29 is 4.79 Å². The molecule has 118 valence electrons. The van der Waals surface area contributed by atoms with Crippen molar-refractivity contribution in [3.8, 4) is 0 Å². The minimum absolute atomic E-state index is 0.0340. The lowest BCUT2D eigenvalue weighted by Crippen LogP contribution is -2.44. The Kier molecular flexibility index (Phi) is 6.85. The van der Waals surface area contributed by atoms with Crippen LogP contribution < -0.4 is 5.73 Å². The van der Waals surface area contributed by atoms with E-state index in [4.69, 9.17) is 5.73 Å². The Morgan fingerprint density at radius 3 is 2.48 bits per heavy atom. The highest BCUT2D eigenvalue weighted by Crippen LogP contribution is 2.24. The summed E-state index contributed by atoms with van der Waals surface area (Å²) in [5.74, 6) is 0.113. The zero-order valence-electron chi connectivity index (χ0n) is 14.0. The van der Waals surface area contributed by atoms with Crippen LogP contribution in [0.4, 0.5) is 0 Å². The van der Waals surface area contributed by atoms with Gasteiger partial charge in [-0.15, -0.1) is 0 Å². The quantitative estimate of drug-likeness (QED) is 0.838. The summed E-state index contributed by atoms with van der Waals surface area (Å²) < 4.78 is 0. The molecule has 4 heteroatoms. The fourth-order valence-electron chi connectivity index (χ4n) is 2.62. The molecule has 0 aliphatic rings. The van der Waals surface area contributed by atoms with Crippen molar-refractivity contribution in [2.45, 2.75) is 39.3 Å². The highest BCUT2D eigenvalue weighted by Gasteiger charge is 2.25. The Hall–Kier alpha value is -1.39. The first-order valence-electron chi connectivity index (χ1n) is 7.63. The van der Waals surface area contributed by atoms with Crippen molar-refractivity contribution in [3.05, 3.63) is 35.4 Å². The van der Waals surface area contributed by atoms with Crippen molar-refractivity contribution in [1.29, 1.82) is 0 Å². The van der Waals surface area contributed by atoms with Crippen LogP contribution in [0.3, 0.4) is 0 Å². The molecule has 0 saturated heterocycles. The van der Waals surface area contributed by atoms with Crippen LogP contribution >= 0.6 is 0 Å². The fraction of sp³-hybridized carbons (Fsp3) is 0.588. The van der Waals surface area contributed by atoms with E-state index in [1.165, 1.54) is 11.1 Å². The van der Waals surface area contributed by atoms with Crippen LogP contribution in [-0.4, -0.2) is 48.9 Å². The number of nitrogens with zero attached hydrogens (tertiary/aromatic N) is 2. The third-order valence-electron chi connectivity index (χ3n) is 3.62. The third-order valence-corrected chi connectivity index (χ3v) is 3.62.